The SMILES string of the molecule is CN(CCCCCO)Cc1cnc(Cl)cn1. The van der Waals surface area contributed by atoms with Gasteiger partial charge in [0.1, 0.15) is 5.15 Å². The second-order valence-electron chi connectivity index (χ2n) is 3.85. The van der Waals surface area contributed by atoms with Crippen molar-refractivity contribution in [3.05, 3.63) is 23.2 Å². The zero-order valence-corrected chi connectivity index (χ0v) is 10.3. The third-order valence-electron chi connectivity index (χ3n) is 2.30. The molecule has 16 heavy (non-hydrogen) atoms. The summed E-state index contributed by atoms with van der Waals surface area (Å²) in [6.45, 7) is 2.07. The minimum atomic E-state index is 0.284. The van der Waals surface area contributed by atoms with Crippen molar-refractivity contribution in [1.82, 2.24) is 14.9 Å². The Balaban J connectivity index is 2.23. The molecule has 4 nitrogen and oxygen atoms in total. The normalized spacial score (nSPS) is 11.0. The summed E-state index contributed by atoms with van der Waals surface area (Å²) in [5.41, 5.74) is 0.925. The van der Waals surface area contributed by atoms with Crippen LogP contribution in [0.3, 0.4) is 0 Å². The molecule has 0 unspecified atom stereocenters. The van der Waals surface area contributed by atoms with Crippen LogP contribution in [-0.2, 0) is 6.54 Å². The topological polar surface area (TPSA) is 49.2 Å². The lowest BCUT2D eigenvalue weighted by Gasteiger charge is -2.15. The van der Waals surface area contributed by atoms with Crippen molar-refractivity contribution in [2.24, 2.45) is 0 Å². The fraction of sp³-hybridized carbons (Fsp3) is 0.636. The molecule has 1 N–H and O–H groups in total. The van der Waals surface area contributed by atoms with E-state index in [1.54, 1.807) is 12.4 Å². The summed E-state index contributed by atoms with van der Waals surface area (Å²) < 4.78 is 0. The number of unbranched alkanes of at least 4 members (excludes halogenated alkanes) is 2. The number of hydrogen-bond acceptors (Lipinski definition) is 4. The first-order valence-electron chi connectivity index (χ1n) is 5.48. The highest BCUT2D eigenvalue weighted by atomic mass is 35.5. The lowest BCUT2D eigenvalue weighted by Crippen LogP contribution is -2.19. The monoisotopic (exact) mass is 243 g/mol. The Bertz CT molecular complexity index is 292. The number of hydrogen-bond donors (Lipinski definition) is 1. The van der Waals surface area contributed by atoms with Crippen LogP contribution in [-0.4, -0.2) is 40.2 Å². The second kappa shape index (κ2) is 7.54. The highest BCUT2D eigenvalue weighted by Crippen LogP contribution is 2.04. The quantitative estimate of drug-likeness (QED) is 0.741. The van der Waals surface area contributed by atoms with Crippen LogP contribution in [0.25, 0.3) is 0 Å². The van der Waals surface area contributed by atoms with E-state index in [0.717, 1.165) is 38.0 Å². The lowest BCUT2D eigenvalue weighted by atomic mass is 10.2. The van der Waals surface area contributed by atoms with E-state index < -0.39 is 0 Å². The van der Waals surface area contributed by atoms with Crippen molar-refractivity contribution < 1.29 is 5.11 Å². The van der Waals surface area contributed by atoms with Crippen LogP contribution in [0.1, 0.15) is 25.0 Å². The van der Waals surface area contributed by atoms with Crippen LogP contribution in [0.2, 0.25) is 5.15 Å². The van der Waals surface area contributed by atoms with Gasteiger partial charge in [-0.3, -0.25) is 4.98 Å². The first-order valence-corrected chi connectivity index (χ1v) is 5.86. The van der Waals surface area contributed by atoms with Crippen molar-refractivity contribution in [3.63, 3.8) is 0 Å². The molecule has 1 aromatic rings. The van der Waals surface area contributed by atoms with E-state index in [4.69, 9.17) is 16.7 Å². The van der Waals surface area contributed by atoms with Gasteiger partial charge >= 0.3 is 0 Å². The molecule has 0 aromatic carbocycles. The molecule has 0 fully saturated rings. The van der Waals surface area contributed by atoms with Gasteiger partial charge in [0.2, 0.25) is 0 Å². The number of aromatic nitrogens is 2. The standard InChI is InChI=1S/C11H18ClN3O/c1-15(5-3-2-4-6-16)9-10-7-14-11(12)8-13-10/h7-8,16H,2-6,9H2,1H3. The maximum absolute atomic E-state index is 8.65. The molecule has 0 amide bonds. The molecule has 0 bridgehead atoms. The molecule has 90 valence electrons. The highest BCUT2D eigenvalue weighted by molar-refractivity contribution is 6.29. The Morgan fingerprint density at radius 1 is 1.25 bits per heavy atom. The average molecular weight is 244 g/mol. The van der Waals surface area contributed by atoms with Crippen LogP contribution in [0.15, 0.2) is 12.4 Å². The third kappa shape index (κ3) is 5.39. The van der Waals surface area contributed by atoms with Gasteiger partial charge in [-0.15, -0.1) is 0 Å². The molecule has 0 spiro atoms. The number of aliphatic hydroxyl groups excluding tert-OH is 1. The summed E-state index contributed by atoms with van der Waals surface area (Å²) >= 11 is 5.66. The first kappa shape index (κ1) is 13.4. The van der Waals surface area contributed by atoms with Gasteiger partial charge in [0, 0.05) is 13.2 Å². The molecule has 0 atom stereocenters. The summed E-state index contributed by atoms with van der Waals surface area (Å²) in [7, 11) is 2.05. The Labute approximate surface area is 101 Å². The van der Waals surface area contributed by atoms with Crippen molar-refractivity contribution in [3.8, 4) is 0 Å². The van der Waals surface area contributed by atoms with Crippen molar-refractivity contribution in [2.75, 3.05) is 20.2 Å². The molecule has 0 aliphatic rings. The number of halogens is 1. The number of aliphatic hydroxyl groups is 1. The van der Waals surface area contributed by atoms with Gasteiger partial charge < -0.3 is 10.0 Å². The molecule has 0 aliphatic heterocycles. The summed E-state index contributed by atoms with van der Waals surface area (Å²) in [4.78, 5) is 10.4. The number of rotatable bonds is 7. The van der Waals surface area contributed by atoms with E-state index in [2.05, 4.69) is 21.9 Å². The summed E-state index contributed by atoms with van der Waals surface area (Å²) in [6, 6.07) is 0. The van der Waals surface area contributed by atoms with Crippen LogP contribution in [0, 0.1) is 0 Å². The largest absolute Gasteiger partial charge is 0.396 e. The molecule has 0 saturated heterocycles. The van der Waals surface area contributed by atoms with Gasteiger partial charge in [0.15, 0.2) is 0 Å². The maximum atomic E-state index is 8.65. The molecule has 1 rings (SSSR count). The predicted octanol–water partition coefficient (Wildman–Crippen LogP) is 1.72. The molecule has 1 aromatic heterocycles. The van der Waals surface area contributed by atoms with Crippen LogP contribution >= 0.6 is 11.6 Å². The van der Waals surface area contributed by atoms with Crippen LogP contribution in [0.4, 0.5) is 0 Å². The molecular weight excluding hydrogens is 226 g/mol. The predicted molar refractivity (Wildman–Crippen MR) is 64.3 cm³/mol. The van der Waals surface area contributed by atoms with Gasteiger partial charge in [0.05, 0.1) is 18.1 Å². The molecule has 1 heterocycles. The minimum Gasteiger partial charge on any atom is -0.396 e. The van der Waals surface area contributed by atoms with Crippen LogP contribution in [0.5, 0.6) is 0 Å². The lowest BCUT2D eigenvalue weighted by molar-refractivity contribution is 0.270. The summed E-state index contributed by atoms with van der Waals surface area (Å²) in [5.74, 6) is 0. The zero-order chi connectivity index (χ0) is 11.8. The maximum Gasteiger partial charge on any atom is 0.147 e. The Morgan fingerprint density at radius 2 is 2.06 bits per heavy atom. The zero-order valence-electron chi connectivity index (χ0n) is 9.56. The fourth-order valence-electron chi connectivity index (χ4n) is 1.45. The second-order valence-corrected chi connectivity index (χ2v) is 4.24. The highest BCUT2D eigenvalue weighted by Gasteiger charge is 2.01. The molecule has 5 heteroatoms. The van der Waals surface area contributed by atoms with Gasteiger partial charge in [-0.25, -0.2) is 4.98 Å². The molecular formula is C11H18ClN3O. The summed E-state index contributed by atoms with van der Waals surface area (Å²) in [5, 5.41) is 9.07. The molecule has 0 radical (unpaired) electrons. The third-order valence-corrected chi connectivity index (χ3v) is 2.50. The number of nitrogens with zero attached hydrogens (tertiary/aromatic N) is 3. The van der Waals surface area contributed by atoms with Crippen molar-refractivity contribution >= 4 is 11.6 Å². The van der Waals surface area contributed by atoms with Crippen molar-refractivity contribution in [2.45, 2.75) is 25.8 Å². The van der Waals surface area contributed by atoms with Crippen molar-refractivity contribution in [1.29, 1.82) is 0 Å². The van der Waals surface area contributed by atoms with Crippen LogP contribution < -0.4 is 0 Å². The average Bonchev–Trinajstić information content (AvgIpc) is 2.28. The van der Waals surface area contributed by atoms with E-state index in [1.807, 2.05) is 0 Å². The van der Waals surface area contributed by atoms with Gasteiger partial charge in [-0.1, -0.05) is 11.6 Å². The Morgan fingerprint density at radius 3 is 2.69 bits per heavy atom. The van der Waals surface area contributed by atoms with E-state index in [1.165, 1.54) is 0 Å². The molecule has 0 saturated carbocycles. The van der Waals surface area contributed by atoms with Gasteiger partial charge in [-0.2, -0.15) is 0 Å². The Kier molecular flexibility index (Phi) is 6.30. The minimum absolute atomic E-state index is 0.284. The van der Waals surface area contributed by atoms with E-state index >= 15 is 0 Å². The van der Waals surface area contributed by atoms with Gasteiger partial charge in [-0.05, 0) is 32.9 Å². The Hall–Kier alpha value is -0.710. The summed E-state index contributed by atoms with van der Waals surface area (Å²) in [6.07, 6.45) is 6.31. The van der Waals surface area contributed by atoms with Gasteiger partial charge in [0.25, 0.3) is 0 Å². The smallest absolute Gasteiger partial charge is 0.147 e. The van der Waals surface area contributed by atoms with E-state index in [9.17, 15) is 0 Å². The fourth-order valence-corrected chi connectivity index (χ4v) is 1.54. The molecule has 0 aliphatic carbocycles. The van der Waals surface area contributed by atoms with E-state index in [0.29, 0.717) is 5.15 Å². The first-order chi connectivity index (χ1) is 7.72. The van der Waals surface area contributed by atoms with E-state index in [-0.39, 0.29) is 6.61 Å².